The number of rotatable bonds is 4. The molecule has 0 saturated heterocycles. The summed E-state index contributed by atoms with van der Waals surface area (Å²) in [6.07, 6.45) is 0. The first-order valence-corrected chi connectivity index (χ1v) is 8.45. The number of hydrogen-bond acceptors (Lipinski definition) is 3. The predicted molar refractivity (Wildman–Crippen MR) is 104 cm³/mol. The Morgan fingerprint density at radius 1 is 0.846 bits per heavy atom. The van der Waals surface area contributed by atoms with Crippen LogP contribution in [0.2, 0.25) is 0 Å². The minimum atomic E-state index is -0.106. The molecule has 26 heavy (non-hydrogen) atoms. The summed E-state index contributed by atoms with van der Waals surface area (Å²) in [6, 6.07) is 24.2. The number of ether oxygens (including phenoxy) is 1. The Kier molecular flexibility index (Phi) is 4.05. The molecule has 0 saturated carbocycles. The van der Waals surface area contributed by atoms with Crippen molar-refractivity contribution in [3.05, 3.63) is 78.6 Å². The van der Waals surface area contributed by atoms with Gasteiger partial charge in [-0.2, -0.15) is 0 Å². The number of fused-ring (bicyclic) bond motifs is 1. The van der Waals surface area contributed by atoms with Gasteiger partial charge in [-0.15, -0.1) is 0 Å². The van der Waals surface area contributed by atoms with Gasteiger partial charge in [-0.05, 0) is 40.5 Å². The van der Waals surface area contributed by atoms with Crippen LogP contribution < -0.4 is 4.74 Å². The van der Waals surface area contributed by atoms with Crippen molar-refractivity contribution in [1.82, 2.24) is 0 Å². The van der Waals surface area contributed by atoms with Gasteiger partial charge in [-0.25, -0.2) is 0 Å². The monoisotopic (exact) mass is 342 g/mol. The van der Waals surface area contributed by atoms with E-state index in [1.54, 1.807) is 13.2 Å². The highest BCUT2D eigenvalue weighted by Crippen LogP contribution is 2.40. The summed E-state index contributed by atoms with van der Waals surface area (Å²) in [5.74, 6) is 0.849. The number of benzene rings is 3. The van der Waals surface area contributed by atoms with Crippen molar-refractivity contribution in [3.63, 3.8) is 0 Å². The van der Waals surface area contributed by atoms with Crippen molar-refractivity contribution in [2.24, 2.45) is 0 Å². The third-order valence-corrected chi connectivity index (χ3v) is 4.52. The molecule has 1 aromatic heterocycles. The number of furan rings is 1. The van der Waals surface area contributed by atoms with Gasteiger partial charge >= 0.3 is 0 Å². The molecule has 0 aliphatic carbocycles. The van der Waals surface area contributed by atoms with Crippen molar-refractivity contribution in [3.8, 4) is 28.0 Å². The fraction of sp³-hybridized carbons (Fsp3) is 0.0870. The zero-order chi connectivity index (χ0) is 18.1. The Morgan fingerprint density at radius 3 is 2.23 bits per heavy atom. The molecule has 0 spiro atoms. The summed E-state index contributed by atoms with van der Waals surface area (Å²) in [7, 11) is 1.60. The maximum Gasteiger partial charge on any atom is 0.194 e. The van der Waals surface area contributed by atoms with Gasteiger partial charge in [0.05, 0.1) is 7.11 Å². The number of Topliss-reactive ketones (excluding diaryl/α,β-unsaturated/α-hetero) is 1. The Balaban J connectivity index is 2.01. The molecule has 0 atom stereocenters. The first-order valence-electron chi connectivity index (χ1n) is 8.45. The minimum Gasteiger partial charge on any atom is -0.493 e. The Hall–Kier alpha value is -3.33. The topological polar surface area (TPSA) is 39.4 Å². The number of hydrogen-bond donors (Lipinski definition) is 0. The molecule has 0 aliphatic heterocycles. The van der Waals surface area contributed by atoms with Crippen LogP contribution in [0.15, 0.2) is 77.2 Å². The molecule has 4 aromatic rings. The van der Waals surface area contributed by atoms with Crippen LogP contribution in [0.3, 0.4) is 0 Å². The number of carbonyl (C=O) groups is 1. The number of methoxy groups -OCH3 is 1. The highest BCUT2D eigenvalue weighted by molar-refractivity contribution is 6.04. The number of ketones is 1. The van der Waals surface area contributed by atoms with Gasteiger partial charge in [0.25, 0.3) is 0 Å². The van der Waals surface area contributed by atoms with Crippen molar-refractivity contribution in [1.29, 1.82) is 0 Å². The molecule has 0 N–H and O–H groups in total. The van der Waals surface area contributed by atoms with Crippen LogP contribution in [0, 0.1) is 0 Å². The number of carbonyl (C=O) groups excluding carboxylic acids is 1. The van der Waals surface area contributed by atoms with Crippen LogP contribution in [-0.4, -0.2) is 12.9 Å². The van der Waals surface area contributed by atoms with Crippen molar-refractivity contribution in [2.45, 2.75) is 6.92 Å². The van der Waals surface area contributed by atoms with Gasteiger partial charge in [0, 0.05) is 12.3 Å². The predicted octanol–water partition coefficient (Wildman–Crippen LogP) is 5.98. The fourth-order valence-electron chi connectivity index (χ4n) is 3.26. The summed E-state index contributed by atoms with van der Waals surface area (Å²) in [4.78, 5) is 11.8. The fourth-order valence-corrected chi connectivity index (χ4v) is 3.26. The van der Waals surface area contributed by atoms with E-state index in [1.165, 1.54) is 6.92 Å². The third kappa shape index (κ3) is 2.68. The van der Waals surface area contributed by atoms with E-state index in [0.29, 0.717) is 17.1 Å². The minimum absolute atomic E-state index is 0.106. The molecule has 4 rings (SSSR count). The first-order chi connectivity index (χ1) is 12.7. The van der Waals surface area contributed by atoms with Gasteiger partial charge in [0.15, 0.2) is 22.9 Å². The van der Waals surface area contributed by atoms with E-state index < -0.39 is 0 Å². The van der Waals surface area contributed by atoms with E-state index in [0.717, 1.165) is 27.6 Å². The molecule has 3 aromatic carbocycles. The lowest BCUT2D eigenvalue weighted by Gasteiger charge is -2.12. The quantitative estimate of drug-likeness (QED) is 0.428. The molecule has 3 nitrogen and oxygen atoms in total. The lowest BCUT2D eigenvalue weighted by Crippen LogP contribution is -1.88. The van der Waals surface area contributed by atoms with Crippen LogP contribution in [0.5, 0.6) is 5.75 Å². The smallest absolute Gasteiger partial charge is 0.194 e. The van der Waals surface area contributed by atoms with Crippen LogP contribution in [0.25, 0.3) is 33.2 Å². The molecule has 0 fully saturated rings. The Morgan fingerprint density at radius 2 is 1.54 bits per heavy atom. The van der Waals surface area contributed by atoms with Crippen LogP contribution in [0.4, 0.5) is 0 Å². The van der Waals surface area contributed by atoms with Crippen LogP contribution in [0.1, 0.15) is 17.5 Å². The van der Waals surface area contributed by atoms with Gasteiger partial charge in [0.2, 0.25) is 0 Å². The second-order valence-electron chi connectivity index (χ2n) is 6.14. The lowest BCUT2D eigenvalue weighted by molar-refractivity contribution is 0.0989. The van der Waals surface area contributed by atoms with E-state index in [9.17, 15) is 4.79 Å². The normalized spacial score (nSPS) is 10.8. The summed E-state index contributed by atoms with van der Waals surface area (Å²) < 4.78 is 11.2. The maximum absolute atomic E-state index is 11.8. The van der Waals surface area contributed by atoms with Gasteiger partial charge in [-0.1, -0.05) is 54.6 Å². The molecule has 1 heterocycles. The van der Waals surface area contributed by atoms with Crippen molar-refractivity contribution >= 4 is 16.8 Å². The maximum atomic E-state index is 11.8. The van der Waals surface area contributed by atoms with Crippen molar-refractivity contribution < 1.29 is 13.9 Å². The third-order valence-electron chi connectivity index (χ3n) is 4.52. The van der Waals surface area contributed by atoms with Gasteiger partial charge in [-0.3, -0.25) is 4.79 Å². The highest BCUT2D eigenvalue weighted by atomic mass is 16.5. The Labute approximate surface area is 151 Å². The Bertz CT molecular complexity index is 1090. The lowest BCUT2D eigenvalue weighted by atomic mass is 9.92. The summed E-state index contributed by atoms with van der Waals surface area (Å²) in [5.41, 5.74) is 4.96. The van der Waals surface area contributed by atoms with E-state index >= 15 is 0 Å². The van der Waals surface area contributed by atoms with E-state index in [-0.39, 0.29) is 5.78 Å². The summed E-state index contributed by atoms with van der Waals surface area (Å²) in [5, 5.41) is 0.873. The molecule has 3 heteroatoms. The zero-order valence-corrected chi connectivity index (χ0v) is 14.7. The standard InChI is InChI=1S/C23H18O3/c1-15(24)22-14-20-19(12-13-21(25-2)23(20)26-22)18-11-7-6-10-17(18)16-8-4-3-5-9-16/h3-14H,1-2H3. The average Bonchev–Trinajstić information content (AvgIpc) is 3.14. The van der Waals surface area contributed by atoms with Gasteiger partial charge in [0.1, 0.15) is 0 Å². The highest BCUT2D eigenvalue weighted by Gasteiger charge is 2.18. The molecule has 0 radical (unpaired) electrons. The van der Waals surface area contributed by atoms with Crippen molar-refractivity contribution in [2.75, 3.05) is 7.11 Å². The summed E-state index contributed by atoms with van der Waals surface area (Å²) >= 11 is 0. The van der Waals surface area contributed by atoms with Gasteiger partial charge < -0.3 is 9.15 Å². The largest absolute Gasteiger partial charge is 0.493 e. The first kappa shape index (κ1) is 16.2. The zero-order valence-electron chi connectivity index (χ0n) is 14.7. The van der Waals surface area contributed by atoms with E-state index in [1.807, 2.05) is 42.5 Å². The second kappa shape index (κ2) is 6.52. The molecule has 128 valence electrons. The van der Waals surface area contributed by atoms with E-state index in [4.69, 9.17) is 9.15 Å². The van der Waals surface area contributed by atoms with E-state index in [2.05, 4.69) is 24.3 Å². The second-order valence-corrected chi connectivity index (χ2v) is 6.14. The van der Waals surface area contributed by atoms with Crippen LogP contribution >= 0.6 is 0 Å². The molecule has 0 unspecified atom stereocenters. The molecular weight excluding hydrogens is 324 g/mol. The average molecular weight is 342 g/mol. The molecule has 0 amide bonds. The molecular formula is C23H18O3. The SMILES string of the molecule is COc1ccc(-c2ccccc2-c2ccccc2)c2cc(C(C)=O)oc12. The van der Waals surface area contributed by atoms with Crippen LogP contribution in [-0.2, 0) is 0 Å². The molecule has 0 bridgehead atoms. The molecule has 0 aliphatic rings. The summed E-state index contributed by atoms with van der Waals surface area (Å²) in [6.45, 7) is 1.50.